The fraction of sp³-hybridized carbons (Fsp3) is 0.143. The first kappa shape index (κ1) is 11.3. The Kier molecular flexibility index (Phi) is 3.50. The summed E-state index contributed by atoms with van der Waals surface area (Å²) in [6.07, 6.45) is 0. The summed E-state index contributed by atoms with van der Waals surface area (Å²) in [5, 5.41) is 0. The average Bonchev–Trinajstić information content (AvgIpc) is 2.32. The molecule has 0 fully saturated rings. The lowest BCUT2D eigenvalue weighted by atomic mass is 10.3. The van der Waals surface area contributed by atoms with Crippen LogP contribution in [0.1, 0.15) is 6.92 Å². The van der Waals surface area contributed by atoms with Gasteiger partial charge in [-0.05, 0) is 43.3 Å². The predicted octanol–water partition coefficient (Wildman–Crippen LogP) is 3.46. The van der Waals surface area contributed by atoms with Crippen LogP contribution < -0.4 is 15.2 Å². The van der Waals surface area contributed by atoms with Gasteiger partial charge in [-0.2, -0.15) is 0 Å². The minimum absolute atomic E-state index is 0.662. The van der Waals surface area contributed by atoms with Crippen molar-refractivity contribution in [2.75, 3.05) is 12.3 Å². The summed E-state index contributed by atoms with van der Waals surface area (Å²) in [6.45, 7) is 2.62. The van der Waals surface area contributed by atoms with Crippen LogP contribution in [0.5, 0.6) is 17.2 Å². The second kappa shape index (κ2) is 5.25. The third kappa shape index (κ3) is 3.14. The van der Waals surface area contributed by atoms with Crippen LogP contribution in [0.15, 0.2) is 48.5 Å². The minimum atomic E-state index is 0.662. The number of nitrogen functional groups attached to an aromatic ring is 1. The number of rotatable bonds is 4. The van der Waals surface area contributed by atoms with Crippen molar-refractivity contribution < 1.29 is 9.47 Å². The standard InChI is InChI=1S/C14H15NO2/c1-2-16-12-6-8-13(9-7-12)17-14-5-3-4-11(15)10-14/h3-10H,2,15H2,1H3. The number of nitrogens with two attached hydrogens (primary N) is 1. The van der Waals surface area contributed by atoms with Crippen LogP contribution in [-0.2, 0) is 0 Å². The molecule has 0 aromatic heterocycles. The molecule has 3 nitrogen and oxygen atoms in total. The van der Waals surface area contributed by atoms with Gasteiger partial charge in [0.05, 0.1) is 6.61 Å². The van der Waals surface area contributed by atoms with Gasteiger partial charge in [-0.1, -0.05) is 6.07 Å². The highest BCUT2D eigenvalue weighted by Crippen LogP contribution is 2.24. The second-order valence-corrected chi connectivity index (χ2v) is 3.58. The molecule has 0 aliphatic heterocycles. The molecule has 2 N–H and O–H groups in total. The molecule has 0 saturated heterocycles. The van der Waals surface area contributed by atoms with E-state index in [1.165, 1.54) is 0 Å². The molecule has 0 unspecified atom stereocenters. The Balaban J connectivity index is 2.08. The van der Waals surface area contributed by atoms with Crippen molar-refractivity contribution in [3.8, 4) is 17.2 Å². The first-order valence-corrected chi connectivity index (χ1v) is 5.54. The molecule has 0 aliphatic rings. The maximum Gasteiger partial charge on any atom is 0.129 e. The molecule has 2 rings (SSSR count). The van der Waals surface area contributed by atoms with Crippen molar-refractivity contribution in [2.24, 2.45) is 0 Å². The van der Waals surface area contributed by atoms with Gasteiger partial charge in [0.2, 0.25) is 0 Å². The molecule has 17 heavy (non-hydrogen) atoms. The van der Waals surface area contributed by atoms with E-state index in [1.54, 1.807) is 6.07 Å². The van der Waals surface area contributed by atoms with Gasteiger partial charge in [0.15, 0.2) is 0 Å². The Hall–Kier alpha value is -2.16. The second-order valence-electron chi connectivity index (χ2n) is 3.58. The molecular weight excluding hydrogens is 214 g/mol. The van der Waals surface area contributed by atoms with Crippen molar-refractivity contribution in [3.05, 3.63) is 48.5 Å². The largest absolute Gasteiger partial charge is 0.494 e. The van der Waals surface area contributed by atoms with Crippen LogP contribution in [0.3, 0.4) is 0 Å². The molecule has 2 aromatic rings. The number of benzene rings is 2. The fourth-order valence-electron chi connectivity index (χ4n) is 1.48. The number of hydrogen-bond acceptors (Lipinski definition) is 3. The molecular formula is C14H15NO2. The van der Waals surface area contributed by atoms with E-state index in [2.05, 4.69) is 0 Å². The smallest absolute Gasteiger partial charge is 0.129 e. The molecule has 0 radical (unpaired) electrons. The van der Waals surface area contributed by atoms with Crippen molar-refractivity contribution in [2.45, 2.75) is 6.92 Å². The molecule has 0 heterocycles. The highest BCUT2D eigenvalue weighted by atomic mass is 16.5. The Morgan fingerprint density at radius 2 is 1.65 bits per heavy atom. The van der Waals surface area contributed by atoms with E-state index in [9.17, 15) is 0 Å². The highest BCUT2D eigenvalue weighted by molar-refractivity contribution is 5.45. The maximum atomic E-state index is 5.68. The van der Waals surface area contributed by atoms with E-state index in [0.29, 0.717) is 12.3 Å². The maximum absolute atomic E-state index is 5.68. The molecule has 3 heteroatoms. The third-order valence-electron chi connectivity index (χ3n) is 2.23. The van der Waals surface area contributed by atoms with Crippen LogP contribution >= 0.6 is 0 Å². The van der Waals surface area contributed by atoms with Crippen molar-refractivity contribution in [1.82, 2.24) is 0 Å². The Bertz CT molecular complexity index is 480. The number of hydrogen-bond donors (Lipinski definition) is 1. The molecule has 0 amide bonds. The zero-order chi connectivity index (χ0) is 12.1. The lowest BCUT2D eigenvalue weighted by molar-refractivity contribution is 0.339. The quantitative estimate of drug-likeness (QED) is 0.816. The SMILES string of the molecule is CCOc1ccc(Oc2cccc(N)c2)cc1. The Labute approximate surface area is 101 Å². The molecule has 0 saturated carbocycles. The third-order valence-corrected chi connectivity index (χ3v) is 2.23. The van der Waals surface area contributed by atoms with Crippen LogP contribution in [-0.4, -0.2) is 6.61 Å². The lowest BCUT2D eigenvalue weighted by Gasteiger charge is -2.07. The summed E-state index contributed by atoms with van der Waals surface area (Å²) in [5.41, 5.74) is 6.36. The normalized spacial score (nSPS) is 9.94. The molecule has 0 spiro atoms. The molecule has 0 atom stereocenters. The van der Waals surface area contributed by atoms with Crippen LogP contribution in [0.4, 0.5) is 5.69 Å². The van der Waals surface area contributed by atoms with Gasteiger partial charge in [-0.3, -0.25) is 0 Å². The highest BCUT2D eigenvalue weighted by Gasteiger charge is 1.98. The van der Waals surface area contributed by atoms with Crippen LogP contribution in [0.25, 0.3) is 0 Å². The van der Waals surface area contributed by atoms with Crippen LogP contribution in [0.2, 0.25) is 0 Å². The van der Waals surface area contributed by atoms with Gasteiger partial charge < -0.3 is 15.2 Å². The number of anilines is 1. The van der Waals surface area contributed by atoms with E-state index < -0.39 is 0 Å². The Morgan fingerprint density at radius 3 is 2.29 bits per heavy atom. The Morgan fingerprint density at radius 1 is 0.941 bits per heavy atom. The summed E-state index contributed by atoms with van der Waals surface area (Å²) in [5.74, 6) is 2.33. The minimum Gasteiger partial charge on any atom is -0.494 e. The van der Waals surface area contributed by atoms with Crippen molar-refractivity contribution in [3.63, 3.8) is 0 Å². The van der Waals surface area contributed by atoms with Gasteiger partial charge in [-0.25, -0.2) is 0 Å². The molecule has 88 valence electrons. The van der Waals surface area contributed by atoms with E-state index in [-0.39, 0.29) is 0 Å². The van der Waals surface area contributed by atoms with Gasteiger partial charge in [0.1, 0.15) is 17.2 Å². The molecule has 0 aliphatic carbocycles. The van der Waals surface area contributed by atoms with Crippen LogP contribution in [0, 0.1) is 0 Å². The molecule has 0 bridgehead atoms. The van der Waals surface area contributed by atoms with E-state index >= 15 is 0 Å². The summed E-state index contributed by atoms with van der Waals surface area (Å²) < 4.78 is 11.0. The molecule has 2 aromatic carbocycles. The van der Waals surface area contributed by atoms with Gasteiger partial charge >= 0.3 is 0 Å². The first-order valence-electron chi connectivity index (χ1n) is 5.54. The monoisotopic (exact) mass is 229 g/mol. The topological polar surface area (TPSA) is 44.5 Å². The van der Waals surface area contributed by atoms with Crippen molar-refractivity contribution in [1.29, 1.82) is 0 Å². The van der Waals surface area contributed by atoms with Crippen molar-refractivity contribution >= 4 is 5.69 Å². The summed E-state index contributed by atoms with van der Waals surface area (Å²) in [7, 11) is 0. The van der Waals surface area contributed by atoms with Gasteiger partial charge in [0, 0.05) is 11.8 Å². The predicted molar refractivity (Wildman–Crippen MR) is 68.5 cm³/mol. The van der Waals surface area contributed by atoms with E-state index in [1.807, 2.05) is 49.4 Å². The van der Waals surface area contributed by atoms with E-state index in [0.717, 1.165) is 17.2 Å². The summed E-state index contributed by atoms with van der Waals surface area (Å²) in [4.78, 5) is 0. The first-order chi connectivity index (χ1) is 8.28. The summed E-state index contributed by atoms with van der Waals surface area (Å²) in [6, 6.07) is 14.8. The van der Waals surface area contributed by atoms with Gasteiger partial charge in [0.25, 0.3) is 0 Å². The average molecular weight is 229 g/mol. The zero-order valence-corrected chi connectivity index (χ0v) is 9.72. The summed E-state index contributed by atoms with van der Waals surface area (Å²) >= 11 is 0. The fourth-order valence-corrected chi connectivity index (χ4v) is 1.48. The lowest BCUT2D eigenvalue weighted by Crippen LogP contribution is -1.91. The van der Waals surface area contributed by atoms with E-state index in [4.69, 9.17) is 15.2 Å². The number of ether oxygens (including phenoxy) is 2. The van der Waals surface area contributed by atoms with Gasteiger partial charge in [-0.15, -0.1) is 0 Å². The zero-order valence-electron chi connectivity index (χ0n) is 9.72.